The molecule has 0 spiro atoms. The van der Waals surface area contributed by atoms with E-state index in [0.717, 1.165) is 0 Å². The SMILES string of the molecule is O=C(F)C(F)(F)C(F)(F)Oc1c(F)c(F)c(F)c(F)c1F. The summed E-state index contributed by atoms with van der Waals surface area (Å²) in [5, 5.41) is 0. The average Bonchev–Trinajstić information content (AvgIpc) is 2.38. The van der Waals surface area contributed by atoms with Crippen LogP contribution in [0.3, 0.4) is 0 Å². The lowest BCUT2D eigenvalue weighted by Gasteiger charge is -2.23. The molecule has 0 aliphatic heterocycles. The van der Waals surface area contributed by atoms with Gasteiger partial charge in [0.15, 0.2) is 0 Å². The fourth-order valence-corrected chi connectivity index (χ4v) is 0.981. The van der Waals surface area contributed by atoms with Gasteiger partial charge >= 0.3 is 18.1 Å². The molecule has 0 bridgehead atoms. The average molecular weight is 330 g/mol. The second kappa shape index (κ2) is 5.07. The Kier molecular flexibility index (Phi) is 4.12. The Morgan fingerprint density at radius 1 is 0.762 bits per heavy atom. The van der Waals surface area contributed by atoms with Gasteiger partial charge in [-0.1, -0.05) is 0 Å². The number of halogens is 10. The molecular weight excluding hydrogens is 330 g/mol. The predicted octanol–water partition coefficient (Wildman–Crippen LogP) is 3.49. The van der Waals surface area contributed by atoms with Crippen molar-refractivity contribution in [3.05, 3.63) is 29.1 Å². The summed E-state index contributed by atoms with van der Waals surface area (Å²) in [7, 11) is 0. The van der Waals surface area contributed by atoms with Crippen LogP contribution in [0.2, 0.25) is 0 Å². The van der Waals surface area contributed by atoms with E-state index in [1.54, 1.807) is 0 Å². The highest BCUT2D eigenvalue weighted by Gasteiger charge is 2.66. The molecule has 1 aromatic rings. The van der Waals surface area contributed by atoms with Gasteiger partial charge in [-0.25, -0.2) is 13.2 Å². The van der Waals surface area contributed by atoms with Crippen LogP contribution in [0.15, 0.2) is 0 Å². The second-order valence-electron chi connectivity index (χ2n) is 3.37. The molecule has 1 rings (SSSR count). The Morgan fingerprint density at radius 2 is 1.10 bits per heavy atom. The van der Waals surface area contributed by atoms with Gasteiger partial charge in [0.05, 0.1) is 0 Å². The first-order valence-corrected chi connectivity index (χ1v) is 4.50. The van der Waals surface area contributed by atoms with Crippen molar-refractivity contribution in [2.75, 3.05) is 0 Å². The molecule has 0 unspecified atom stereocenters. The van der Waals surface area contributed by atoms with Crippen molar-refractivity contribution in [3.8, 4) is 5.75 Å². The van der Waals surface area contributed by atoms with Crippen molar-refractivity contribution >= 4 is 6.04 Å². The van der Waals surface area contributed by atoms with Gasteiger partial charge in [0, 0.05) is 0 Å². The summed E-state index contributed by atoms with van der Waals surface area (Å²) in [6.07, 6.45) is -6.21. The van der Waals surface area contributed by atoms with Crippen LogP contribution in [0.4, 0.5) is 43.9 Å². The molecule has 2 nitrogen and oxygen atoms in total. The van der Waals surface area contributed by atoms with Gasteiger partial charge < -0.3 is 4.74 Å². The highest BCUT2D eigenvalue weighted by atomic mass is 19.3. The van der Waals surface area contributed by atoms with Gasteiger partial charge in [-0.15, -0.1) is 0 Å². The number of carbonyl (C=O) groups is 1. The number of benzene rings is 1. The second-order valence-corrected chi connectivity index (χ2v) is 3.37. The third-order valence-electron chi connectivity index (χ3n) is 2.01. The van der Waals surface area contributed by atoms with Crippen LogP contribution in [0.25, 0.3) is 0 Å². The largest absolute Gasteiger partial charge is 0.475 e. The number of carbonyl (C=O) groups excluding carboxylic acids is 1. The zero-order valence-corrected chi connectivity index (χ0v) is 9.10. The molecule has 0 N–H and O–H groups in total. The maximum Gasteiger partial charge on any atom is 0.475 e. The third-order valence-corrected chi connectivity index (χ3v) is 2.01. The van der Waals surface area contributed by atoms with Crippen LogP contribution in [0.1, 0.15) is 0 Å². The smallest absolute Gasteiger partial charge is 0.421 e. The molecule has 12 heteroatoms. The Balaban J connectivity index is 3.42. The molecule has 0 fully saturated rings. The van der Waals surface area contributed by atoms with Crippen molar-refractivity contribution in [2.24, 2.45) is 0 Å². The third kappa shape index (κ3) is 2.61. The van der Waals surface area contributed by atoms with Crippen molar-refractivity contribution in [1.82, 2.24) is 0 Å². The number of hydrogen-bond acceptors (Lipinski definition) is 2. The van der Waals surface area contributed by atoms with E-state index in [1.807, 2.05) is 0 Å². The van der Waals surface area contributed by atoms with Gasteiger partial charge in [-0.2, -0.15) is 30.7 Å². The molecule has 21 heavy (non-hydrogen) atoms. The normalized spacial score (nSPS) is 12.5. The predicted molar refractivity (Wildman–Crippen MR) is 42.9 cm³/mol. The molecule has 0 saturated heterocycles. The Morgan fingerprint density at radius 3 is 1.43 bits per heavy atom. The molecule has 118 valence electrons. The van der Waals surface area contributed by atoms with Crippen LogP contribution in [-0.2, 0) is 4.79 Å². The van der Waals surface area contributed by atoms with E-state index in [9.17, 15) is 48.7 Å². The summed E-state index contributed by atoms with van der Waals surface area (Å²) < 4.78 is 128. The molecule has 0 heterocycles. The number of alkyl halides is 4. The van der Waals surface area contributed by atoms with Crippen LogP contribution >= 0.6 is 0 Å². The van der Waals surface area contributed by atoms with E-state index >= 15 is 0 Å². The minimum absolute atomic E-state index is 2.67. The maximum atomic E-state index is 12.9. The van der Waals surface area contributed by atoms with Gasteiger partial charge in [0.25, 0.3) is 0 Å². The first-order valence-electron chi connectivity index (χ1n) is 4.50. The zero-order chi connectivity index (χ0) is 16.7. The summed E-state index contributed by atoms with van der Waals surface area (Å²) in [6, 6.07) is -3.95. The molecular formula is C9F10O2. The van der Waals surface area contributed by atoms with E-state index < -0.39 is 52.9 Å². The lowest BCUT2D eigenvalue weighted by molar-refractivity contribution is -0.300. The quantitative estimate of drug-likeness (QED) is 0.366. The first kappa shape index (κ1) is 17.0. The Hall–Kier alpha value is -2.01. The number of ether oxygens (including phenoxy) is 1. The van der Waals surface area contributed by atoms with Crippen LogP contribution in [0.5, 0.6) is 5.75 Å². The molecule has 0 amide bonds. The summed E-state index contributed by atoms with van der Waals surface area (Å²) in [5.41, 5.74) is 0. The minimum atomic E-state index is -6.22. The standard InChI is InChI=1S/C9F10O2/c10-1-2(11)4(13)6(5(14)3(1)12)21-9(18,19)8(16,17)7(15)20. The van der Waals surface area contributed by atoms with Crippen LogP contribution in [-0.4, -0.2) is 18.1 Å². The summed E-state index contributed by atoms with van der Waals surface area (Å²) in [4.78, 5) is 9.69. The number of hydrogen-bond donors (Lipinski definition) is 0. The zero-order valence-electron chi connectivity index (χ0n) is 9.10. The van der Waals surface area contributed by atoms with Gasteiger partial charge in [0.2, 0.25) is 34.8 Å². The fourth-order valence-electron chi connectivity index (χ4n) is 0.981. The summed E-state index contributed by atoms with van der Waals surface area (Å²) in [6.45, 7) is 0. The highest BCUT2D eigenvalue weighted by molar-refractivity contribution is 5.77. The molecule has 0 radical (unpaired) electrons. The van der Waals surface area contributed by atoms with Gasteiger partial charge in [-0.05, 0) is 0 Å². The van der Waals surface area contributed by atoms with E-state index in [4.69, 9.17) is 0 Å². The summed E-state index contributed by atoms with van der Waals surface area (Å²) in [5.74, 6) is -23.3. The molecule has 0 aromatic heterocycles. The van der Waals surface area contributed by atoms with Crippen molar-refractivity contribution in [2.45, 2.75) is 12.0 Å². The monoisotopic (exact) mass is 330 g/mol. The molecule has 0 atom stereocenters. The maximum absolute atomic E-state index is 12.9. The summed E-state index contributed by atoms with van der Waals surface area (Å²) >= 11 is 0. The lowest BCUT2D eigenvalue weighted by atomic mass is 10.2. The van der Waals surface area contributed by atoms with Crippen molar-refractivity contribution < 1.29 is 53.4 Å². The minimum Gasteiger partial charge on any atom is -0.421 e. The van der Waals surface area contributed by atoms with E-state index in [-0.39, 0.29) is 0 Å². The topological polar surface area (TPSA) is 26.3 Å². The van der Waals surface area contributed by atoms with Crippen LogP contribution in [0, 0.1) is 29.1 Å². The Labute approximate surface area is 107 Å². The molecule has 0 aliphatic carbocycles. The van der Waals surface area contributed by atoms with Crippen LogP contribution < -0.4 is 4.74 Å². The van der Waals surface area contributed by atoms with Crippen molar-refractivity contribution in [3.63, 3.8) is 0 Å². The fraction of sp³-hybridized carbons (Fsp3) is 0.222. The van der Waals surface area contributed by atoms with Crippen molar-refractivity contribution in [1.29, 1.82) is 0 Å². The highest BCUT2D eigenvalue weighted by Crippen LogP contribution is 2.40. The molecule has 1 aromatic carbocycles. The number of rotatable bonds is 4. The van der Waals surface area contributed by atoms with E-state index in [2.05, 4.69) is 4.74 Å². The van der Waals surface area contributed by atoms with Gasteiger partial charge in [-0.3, -0.25) is 4.79 Å². The molecule has 0 aliphatic rings. The van der Waals surface area contributed by atoms with E-state index in [0.29, 0.717) is 0 Å². The molecule has 0 saturated carbocycles. The first-order chi connectivity index (χ1) is 9.34. The van der Waals surface area contributed by atoms with Gasteiger partial charge in [0.1, 0.15) is 0 Å². The Bertz CT molecular complexity index is 568. The lowest BCUT2D eigenvalue weighted by Crippen LogP contribution is -2.50. The van der Waals surface area contributed by atoms with E-state index in [1.165, 1.54) is 0 Å².